The first-order valence-electron chi connectivity index (χ1n) is 25.7. The zero-order valence-corrected chi connectivity index (χ0v) is 41.0. The minimum absolute atomic E-state index is 0.0195. The molecule has 8 rings (SSSR count). The Kier molecular flexibility index (Phi) is 15.2. The Morgan fingerprint density at radius 1 is 0.783 bits per heavy atom. The normalized spacial score (nSPS) is 29.8. The van der Waals surface area contributed by atoms with Crippen molar-refractivity contribution in [2.75, 3.05) is 13.2 Å². The zero-order chi connectivity index (χ0) is 49.0. The third-order valence-electron chi connectivity index (χ3n) is 17.5. The van der Waals surface area contributed by atoms with E-state index >= 15 is 0 Å². The van der Waals surface area contributed by atoms with Gasteiger partial charge < -0.3 is 35.6 Å². The highest BCUT2D eigenvalue weighted by Gasteiger charge is 2.70. The standard InChI is InChI=1S/C57H73N3O9/c1-5-47(53(66)69-57(39-15-9-6-10-16-39,40-17-11-7-12-18-40)41-22-20-37(2)21-23-41)60-50(63)19-13-8-14-32-58-49(62)26-27-51(64)59-43-28-30-54(3)42(34-43)24-25-45-46(54)35-48(61)55(4)44(29-31-56(45,55)67)38-33-52(65)68-36-38/h6-7,9-12,15-18,20-23,33,42-48,61,67H,5,8,13-14,19,24-32,34-36H2,1-4H3,(H,58,62)(H,59,64)(H,60,63)/t42-,43+,44?,45-,46+,47?,48-,54+,55+,56+/m1/s1. The van der Waals surface area contributed by atoms with Gasteiger partial charge >= 0.3 is 11.9 Å². The van der Waals surface area contributed by atoms with Crippen molar-refractivity contribution >= 4 is 29.7 Å². The van der Waals surface area contributed by atoms with Crippen LogP contribution in [0.3, 0.4) is 0 Å². The van der Waals surface area contributed by atoms with Crippen LogP contribution in [0.15, 0.2) is 96.6 Å². The van der Waals surface area contributed by atoms with Crippen molar-refractivity contribution in [1.29, 1.82) is 0 Å². The number of benzene rings is 3. The number of fused-ring (bicyclic) bond motifs is 5. The molecule has 5 aliphatic rings. The van der Waals surface area contributed by atoms with Gasteiger partial charge in [-0.05, 0) is 112 Å². The number of rotatable bonds is 18. The third-order valence-corrected chi connectivity index (χ3v) is 17.5. The van der Waals surface area contributed by atoms with Crippen molar-refractivity contribution in [3.8, 4) is 0 Å². The van der Waals surface area contributed by atoms with E-state index in [9.17, 15) is 34.2 Å². The van der Waals surface area contributed by atoms with Crippen molar-refractivity contribution < 1.29 is 43.7 Å². The monoisotopic (exact) mass is 944 g/mol. The van der Waals surface area contributed by atoms with Gasteiger partial charge in [-0.25, -0.2) is 9.59 Å². The van der Waals surface area contributed by atoms with Crippen LogP contribution in [0.1, 0.15) is 139 Å². The first-order valence-corrected chi connectivity index (χ1v) is 25.7. The molecule has 12 heteroatoms. The number of ether oxygens (including phenoxy) is 2. The van der Waals surface area contributed by atoms with Crippen molar-refractivity contribution in [2.24, 2.45) is 34.5 Å². The quantitative estimate of drug-likeness (QED) is 0.0482. The maximum Gasteiger partial charge on any atom is 0.331 e. The molecule has 1 heterocycles. The minimum Gasteiger partial charge on any atom is -0.458 e. The van der Waals surface area contributed by atoms with Gasteiger partial charge in [0.25, 0.3) is 0 Å². The fourth-order valence-electron chi connectivity index (χ4n) is 13.6. The molecule has 4 aliphatic carbocycles. The van der Waals surface area contributed by atoms with E-state index in [-0.39, 0.29) is 78.8 Å². The lowest BCUT2D eigenvalue weighted by Gasteiger charge is -2.65. The molecule has 370 valence electrons. The summed E-state index contributed by atoms with van der Waals surface area (Å²) in [5, 5.41) is 33.5. The van der Waals surface area contributed by atoms with E-state index in [0.29, 0.717) is 51.0 Å². The number of carbonyl (C=O) groups is 5. The van der Waals surface area contributed by atoms with Gasteiger partial charge in [-0.2, -0.15) is 0 Å². The second-order valence-corrected chi connectivity index (χ2v) is 21.3. The van der Waals surface area contributed by atoms with Gasteiger partial charge in [-0.15, -0.1) is 0 Å². The molecule has 0 bridgehead atoms. The van der Waals surface area contributed by atoms with Gasteiger partial charge in [0.05, 0.1) is 11.7 Å². The molecular weight excluding hydrogens is 871 g/mol. The van der Waals surface area contributed by atoms with Crippen LogP contribution in [-0.2, 0) is 39.0 Å². The van der Waals surface area contributed by atoms with Gasteiger partial charge in [0.1, 0.15) is 12.6 Å². The largest absolute Gasteiger partial charge is 0.458 e. The smallest absolute Gasteiger partial charge is 0.331 e. The predicted molar refractivity (Wildman–Crippen MR) is 262 cm³/mol. The number of cyclic esters (lactones) is 1. The number of aryl methyl sites for hydroxylation is 1. The van der Waals surface area contributed by atoms with Crippen LogP contribution >= 0.6 is 0 Å². The summed E-state index contributed by atoms with van der Waals surface area (Å²) >= 11 is 0. The number of unbranched alkanes of at least 4 members (excludes halogenated alkanes) is 2. The predicted octanol–water partition coefficient (Wildman–Crippen LogP) is 7.89. The fourth-order valence-corrected chi connectivity index (χ4v) is 13.6. The Morgan fingerprint density at radius 3 is 2.10 bits per heavy atom. The number of hydrogen-bond acceptors (Lipinski definition) is 9. The van der Waals surface area contributed by atoms with E-state index in [1.54, 1.807) is 6.08 Å². The summed E-state index contributed by atoms with van der Waals surface area (Å²) in [5.74, 6) is -0.933. The Balaban J connectivity index is 0.746. The van der Waals surface area contributed by atoms with Crippen molar-refractivity contribution in [3.05, 3.63) is 119 Å². The number of esters is 2. The molecule has 3 aromatic rings. The number of carbonyl (C=O) groups excluding carboxylic acids is 5. The first kappa shape index (κ1) is 50.1. The highest BCUT2D eigenvalue weighted by atomic mass is 16.6. The molecular formula is C57H73N3O9. The summed E-state index contributed by atoms with van der Waals surface area (Å²) in [6, 6.07) is 26.5. The van der Waals surface area contributed by atoms with Gasteiger partial charge in [0.15, 0.2) is 5.60 Å². The van der Waals surface area contributed by atoms with Crippen LogP contribution in [0.5, 0.6) is 0 Å². The topological polar surface area (TPSA) is 180 Å². The zero-order valence-electron chi connectivity index (χ0n) is 41.0. The summed E-state index contributed by atoms with van der Waals surface area (Å²) in [7, 11) is 0. The van der Waals surface area contributed by atoms with E-state index in [4.69, 9.17) is 9.47 Å². The lowest BCUT2D eigenvalue weighted by atomic mass is 9.42. The van der Waals surface area contributed by atoms with Gasteiger partial charge in [-0.1, -0.05) is 118 Å². The molecule has 0 saturated heterocycles. The van der Waals surface area contributed by atoms with E-state index in [0.717, 1.165) is 66.4 Å². The highest BCUT2D eigenvalue weighted by Crippen LogP contribution is 2.70. The van der Waals surface area contributed by atoms with E-state index < -0.39 is 34.7 Å². The van der Waals surface area contributed by atoms with Gasteiger partial charge in [-0.3, -0.25) is 14.4 Å². The van der Waals surface area contributed by atoms with E-state index in [1.165, 1.54) is 0 Å². The molecule has 4 fully saturated rings. The van der Waals surface area contributed by atoms with Crippen LogP contribution in [0.2, 0.25) is 0 Å². The molecule has 2 unspecified atom stereocenters. The molecule has 12 nitrogen and oxygen atoms in total. The van der Waals surface area contributed by atoms with Crippen molar-refractivity contribution in [1.82, 2.24) is 16.0 Å². The van der Waals surface area contributed by atoms with Gasteiger partial charge in [0, 0.05) is 60.0 Å². The summed E-state index contributed by atoms with van der Waals surface area (Å²) in [5.41, 5.74) is 1.29. The van der Waals surface area contributed by atoms with Crippen molar-refractivity contribution in [2.45, 2.75) is 153 Å². The number of amides is 3. The highest BCUT2D eigenvalue weighted by molar-refractivity contribution is 5.86. The molecule has 3 amide bonds. The molecule has 3 aromatic carbocycles. The Morgan fingerprint density at radius 2 is 1.45 bits per heavy atom. The van der Waals surface area contributed by atoms with E-state index in [2.05, 4.69) is 22.9 Å². The Bertz CT molecular complexity index is 2320. The molecule has 5 N–H and O–H groups in total. The lowest BCUT2D eigenvalue weighted by molar-refractivity contribution is -0.243. The summed E-state index contributed by atoms with van der Waals surface area (Å²) in [6.07, 6.45) is 9.92. The Labute approximate surface area is 407 Å². The summed E-state index contributed by atoms with van der Waals surface area (Å²) in [6.45, 7) is 8.90. The molecule has 0 aromatic heterocycles. The second kappa shape index (κ2) is 20.9. The summed E-state index contributed by atoms with van der Waals surface area (Å²) in [4.78, 5) is 65.1. The number of aliphatic hydroxyl groups excluding tert-OH is 1. The molecule has 69 heavy (non-hydrogen) atoms. The van der Waals surface area contributed by atoms with Crippen LogP contribution in [0.4, 0.5) is 0 Å². The lowest BCUT2D eigenvalue weighted by Crippen LogP contribution is -2.67. The van der Waals surface area contributed by atoms with Gasteiger partial charge in [0.2, 0.25) is 17.7 Å². The number of hydrogen-bond donors (Lipinski definition) is 5. The maximum atomic E-state index is 14.1. The van der Waals surface area contributed by atoms with Crippen LogP contribution in [0.25, 0.3) is 0 Å². The minimum atomic E-state index is -1.24. The van der Waals surface area contributed by atoms with Crippen LogP contribution < -0.4 is 16.0 Å². The molecule has 4 saturated carbocycles. The average molecular weight is 944 g/mol. The molecule has 10 atom stereocenters. The molecule has 0 radical (unpaired) electrons. The molecule has 1 aliphatic heterocycles. The fraction of sp³-hybridized carbons (Fsp3) is 0.561. The summed E-state index contributed by atoms with van der Waals surface area (Å²) < 4.78 is 11.8. The number of aliphatic hydroxyl groups is 2. The third kappa shape index (κ3) is 9.90. The molecule has 0 spiro atoms. The Hall–Kier alpha value is -5.33. The number of nitrogens with one attached hydrogen (secondary N) is 3. The second-order valence-electron chi connectivity index (χ2n) is 21.3. The SMILES string of the molecule is CCC(NC(=O)CCCCCNC(=O)CCC(=O)N[C@H]1CC[C@@]2(C)[C@H](CC[C@@H]3[C@@H]2C[C@@H](O)[C@]2(C)C(C4=CC(=O)OC4)CC[C@]32O)C1)C(=O)OC(c1ccccc1)(c1ccccc1)c1ccc(C)cc1. The van der Waals surface area contributed by atoms with E-state index in [1.807, 2.05) is 106 Å². The van der Waals surface area contributed by atoms with Crippen molar-refractivity contribution in [3.63, 3.8) is 0 Å². The first-order chi connectivity index (χ1) is 33.1. The van der Waals surface area contributed by atoms with Crippen LogP contribution in [-0.4, -0.2) is 76.8 Å². The van der Waals surface area contributed by atoms with Crippen LogP contribution in [0, 0.1) is 41.4 Å². The average Bonchev–Trinajstić information content (AvgIpc) is 3.91. The maximum absolute atomic E-state index is 14.1.